The van der Waals surface area contributed by atoms with E-state index in [1.165, 1.54) is 6.42 Å². The maximum Gasteiger partial charge on any atom is 0.257 e. The fourth-order valence-electron chi connectivity index (χ4n) is 2.67. The molecule has 0 atom stereocenters. The topological polar surface area (TPSA) is 84.4 Å². The largest absolute Gasteiger partial charge is 0.396 e. The summed E-state index contributed by atoms with van der Waals surface area (Å²) in [5, 5.41) is 13.3. The molecule has 0 bridgehead atoms. The third kappa shape index (κ3) is 3.63. The first-order valence-corrected chi connectivity index (χ1v) is 7.83. The summed E-state index contributed by atoms with van der Waals surface area (Å²) in [5.41, 5.74) is 7.10. The number of rotatable bonds is 8. The summed E-state index contributed by atoms with van der Waals surface area (Å²) < 4.78 is 1.85. The van der Waals surface area contributed by atoms with Crippen LogP contribution in [0.25, 0.3) is 0 Å². The molecule has 118 valence electrons. The van der Waals surface area contributed by atoms with Crippen LogP contribution in [0.15, 0.2) is 6.20 Å². The van der Waals surface area contributed by atoms with Crippen LogP contribution in [0.1, 0.15) is 48.2 Å². The Bertz CT molecular complexity index is 468. The normalized spacial score (nSPS) is 15.0. The number of aryl methyl sites for hydroxylation is 1. The van der Waals surface area contributed by atoms with Crippen molar-refractivity contribution in [3.8, 4) is 0 Å². The van der Waals surface area contributed by atoms with Gasteiger partial charge in [0.1, 0.15) is 0 Å². The predicted molar refractivity (Wildman–Crippen MR) is 81.0 cm³/mol. The van der Waals surface area contributed by atoms with E-state index in [2.05, 4.69) is 5.10 Å². The van der Waals surface area contributed by atoms with Crippen LogP contribution in [-0.2, 0) is 6.54 Å². The van der Waals surface area contributed by atoms with Crippen molar-refractivity contribution in [1.29, 1.82) is 0 Å². The first-order valence-electron chi connectivity index (χ1n) is 7.83. The van der Waals surface area contributed by atoms with E-state index in [-0.39, 0.29) is 12.5 Å². The molecule has 6 nitrogen and oxygen atoms in total. The molecule has 21 heavy (non-hydrogen) atoms. The lowest BCUT2D eigenvalue weighted by Crippen LogP contribution is -2.45. The predicted octanol–water partition coefficient (Wildman–Crippen LogP) is 0.917. The van der Waals surface area contributed by atoms with Crippen molar-refractivity contribution < 1.29 is 9.90 Å². The van der Waals surface area contributed by atoms with Gasteiger partial charge in [0, 0.05) is 31.4 Å². The number of amides is 1. The molecule has 0 radical (unpaired) electrons. The summed E-state index contributed by atoms with van der Waals surface area (Å²) in [6, 6.07) is 0.329. The number of carbonyl (C=O) groups excluding carboxylic acids is 1. The van der Waals surface area contributed by atoms with E-state index in [0.717, 1.165) is 31.5 Å². The van der Waals surface area contributed by atoms with Crippen LogP contribution in [0.3, 0.4) is 0 Å². The lowest BCUT2D eigenvalue weighted by atomic mass is 9.91. The van der Waals surface area contributed by atoms with Gasteiger partial charge >= 0.3 is 0 Å². The lowest BCUT2D eigenvalue weighted by molar-refractivity contribution is 0.0561. The Morgan fingerprint density at radius 2 is 2.29 bits per heavy atom. The second-order valence-corrected chi connectivity index (χ2v) is 5.67. The first kappa shape index (κ1) is 16.0. The minimum absolute atomic E-state index is 0.0460. The van der Waals surface area contributed by atoms with Gasteiger partial charge in [-0.05, 0) is 45.6 Å². The van der Waals surface area contributed by atoms with E-state index < -0.39 is 0 Å². The summed E-state index contributed by atoms with van der Waals surface area (Å²) in [6.07, 6.45) is 6.46. The molecule has 6 heteroatoms. The SMILES string of the molecule is Cc1c(C(=O)N(CCCO)C2CCC2)cnn1CCCN. The van der Waals surface area contributed by atoms with Gasteiger partial charge in [0.25, 0.3) is 5.91 Å². The van der Waals surface area contributed by atoms with Crippen molar-refractivity contribution >= 4 is 5.91 Å². The number of nitrogens with zero attached hydrogens (tertiary/aromatic N) is 3. The Morgan fingerprint density at radius 3 is 2.86 bits per heavy atom. The van der Waals surface area contributed by atoms with Gasteiger partial charge in [-0.3, -0.25) is 9.48 Å². The standard InChI is InChI=1S/C15H26N4O2/c1-12-14(11-17-19(12)9-3-7-16)15(21)18(8-4-10-20)13-5-2-6-13/h11,13,20H,2-10,16H2,1H3. The van der Waals surface area contributed by atoms with Gasteiger partial charge in [0.2, 0.25) is 0 Å². The number of aromatic nitrogens is 2. The van der Waals surface area contributed by atoms with Gasteiger partial charge in [-0.15, -0.1) is 0 Å². The van der Waals surface area contributed by atoms with Gasteiger partial charge in [-0.2, -0.15) is 5.10 Å². The monoisotopic (exact) mass is 294 g/mol. The zero-order valence-corrected chi connectivity index (χ0v) is 12.8. The zero-order chi connectivity index (χ0) is 15.2. The van der Waals surface area contributed by atoms with Crippen LogP contribution in [0.4, 0.5) is 0 Å². The summed E-state index contributed by atoms with van der Waals surface area (Å²) in [6.45, 7) is 4.03. The molecule has 1 aliphatic carbocycles. The molecule has 1 amide bonds. The minimum Gasteiger partial charge on any atom is -0.396 e. The van der Waals surface area contributed by atoms with Gasteiger partial charge in [0.15, 0.2) is 0 Å². The molecule has 1 aliphatic rings. The van der Waals surface area contributed by atoms with Crippen LogP contribution >= 0.6 is 0 Å². The highest BCUT2D eigenvalue weighted by molar-refractivity contribution is 5.95. The number of hydrogen-bond donors (Lipinski definition) is 2. The summed E-state index contributed by atoms with van der Waals surface area (Å²) in [4.78, 5) is 14.7. The molecule has 0 spiro atoms. The smallest absolute Gasteiger partial charge is 0.257 e. The van der Waals surface area contributed by atoms with Crippen molar-refractivity contribution in [2.24, 2.45) is 5.73 Å². The number of hydrogen-bond acceptors (Lipinski definition) is 4. The molecule has 0 unspecified atom stereocenters. The minimum atomic E-state index is 0.0460. The van der Waals surface area contributed by atoms with E-state index in [4.69, 9.17) is 10.8 Å². The van der Waals surface area contributed by atoms with Crippen LogP contribution in [0.2, 0.25) is 0 Å². The van der Waals surface area contributed by atoms with Gasteiger partial charge in [-0.25, -0.2) is 0 Å². The fraction of sp³-hybridized carbons (Fsp3) is 0.733. The number of aliphatic hydroxyl groups is 1. The average molecular weight is 294 g/mol. The summed E-state index contributed by atoms with van der Waals surface area (Å²) >= 11 is 0. The highest BCUT2D eigenvalue weighted by Gasteiger charge is 2.30. The third-order valence-electron chi connectivity index (χ3n) is 4.24. The molecule has 0 aromatic carbocycles. The lowest BCUT2D eigenvalue weighted by Gasteiger charge is -2.37. The van der Waals surface area contributed by atoms with Crippen molar-refractivity contribution in [2.45, 2.75) is 51.6 Å². The summed E-state index contributed by atoms with van der Waals surface area (Å²) in [5.74, 6) is 0.0460. The molecule has 2 rings (SSSR count). The first-order chi connectivity index (χ1) is 10.2. The molecule has 1 fully saturated rings. The van der Waals surface area contributed by atoms with Crippen LogP contribution in [0.5, 0.6) is 0 Å². The number of aliphatic hydroxyl groups excluding tert-OH is 1. The number of carbonyl (C=O) groups is 1. The molecule has 1 heterocycles. The van der Waals surface area contributed by atoms with Crippen LogP contribution in [0, 0.1) is 6.92 Å². The Balaban J connectivity index is 2.10. The Labute approximate surface area is 125 Å². The highest BCUT2D eigenvalue weighted by Crippen LogP contribution is 2.27. The molecule has 0 aliphatic heterocycles. The Kier molecular flexibility index (Phi) is 5.76. The highest BCUT2D eigenvalue weighted by atomic mass is 16.3. The Morgan fingerprint density at radius 1 is 1.52 bits per heavy atom. The van der Waals surface area contributed by atoms with Crippen molar-refractivity contribution in [1.82, 2.24) is 14.7 Å². The molecule has 1 aromatic heterocycles. The van der Waals surface area contributed by atoms with E-state index in [9.17, 15) is 4.79 Å². The van der Waals surface area contributed by atoms with E-state index in [1.54, 1.807) is 6.20 Å². The zero-order valence-electron chi connectivity index (χ0n) is 12.8. The molecule has 3 N–H and O–H groups in total. The van der Waals surface area contributed by atoms with E-state index in [0.29, 0.717) is 31.1 Å². The Hall–Kier alpha value is -1.40. The molecule has 1 aromatic rings. The number of nitrogens with two attached hydrogens (primary N) is 1. The second-order valence-electron chi connectivity index (χ2n) is 5.67. The van der Waals surface area contributed by atoms with Crippen molar-refractivity contribution in [2.75, 3.05) is 19.7 Å². The fourth-order valence-corrected chi connectivity index (χ4v) is 2.67. The van der Waals surface area contributed by atoms with Crippen molar-refractivity contribution in [3.63, 3.8) is 0 Å². The maximum atomic E-state index is 12.8. The maximum absolute atomic E-state index is 12.8. The quantitative estimate of drug-likeness (QED) is 0.746. The van der Waals surface area contributed by atoms with E-state index >= 15 is 0 Å². The summed E-state index contributed by atoms with van der Waals surface area (Å²) in [7, 11) is 0. The van der Waals surface area contributed by atoms with Crippen molar-refractivity contribution in [3.05, 3.63) is 17.5 Å². The van der Waals surface area contributed by atoms with Gasteiger partial charge in [-0.1, -0.05) is 0 Å². The second kappa shape index (κ2) is 7.56. The molecule has 0 saturated heterocycles. The van der Waals surface area contributed by atoms with Crippen LogP contribution < -0.4 is 5.73 Å². The molecular weight excluding hydrogens is 268 g/mol. The van der Waals surface area contributed by atoms with Gasteiger partial charge < -0.3 is 15.7 Å². The van der Waals surface area contributed by atoms with Gasteiger partial charge in [0.05, 0.1) is 11.8 Å². The molecule has 1 saturated carbocycles. The third-order valence-corrected chi connectivity index (χ3v) is 4.24. The molecular formula is C15H26N4O2. The van der Waals surface area contributed by atoms with Crippen LogP contribution in [-0.4, -0.2) is 51.4 Å². The average Bonchev–Trinajstić information content (AvgIpc) is 2.79. The van der Waals surface area contributed by atoms with E-state index in [1.807, 2.05) is 16.5 Å².